The van der Waals surface area contributed by atoms with Crippen LogP contribution in [0.25, 0.3) is 10.9 Å². The van der Waals surface area contributed by atoms with E-state index in [2.05, 4.69) is 28.3 Å². The summed E-state index contributed by atoms with van der Waals surface area (Å²) in [5.74, 6) is -0.0667. The van der Waals surface area contributed by atoms with Crippen LogP contribution in [0.4, 0.5) is 0 Å². The molecule has 0 radical (unpaired) electrons. The molecule has 1 amide bonds. The van der Waals surface area contributed by atoms with Crippen molar-refractivity contribution in [3.8, 4) is 0 Å². The number of hydrogen-bond donors (Lipinski definition) is 1. The molecular formula is C23H21ClN4O. The van der Waals surface area contributed by atoms with Crippen LogP contribution in [0.15, 0.2) is 54.6 Å². The highest BCUT2D eigenvalue weighted by atomic mass is 35.5. The Kier molecular flexibility index (Phi) is 4.21. The molecule has 5 rings (SSSR count). The number of halogens is 1. The molecule has 0 aliphatic carbocycles. The fraction of sp³-hybridized carbons (Fsp3) is 0.217. The summed E-state index contributed by atoms with van der Waals surface area (Å²) in [4.78, 5) is 18.9. The Balaban J connectivity index is 1.67. The Bertz CT molecular complexity index is 1220. The number of nitrogens with zero attached hydrogens (tertiary/aromatic N) is 3. The van der Waals surface area contributed by atoms with Gasteiger partial charge in [0, 0.05) is 40.9 Å². The number of amides is 1. The minimum atomic E-state index is -0.236. The first-order chi connectivity index (χ1) is 14.0. The lowest BCUT2D eigenvalue weighted by atomic mass is 9.92. The third-order valence-corrected chi connectivity index (χ3v) is 6.03. The Morgan fingerprint density at radius 2 is 2.00 bits per heavy atom. The first kappa shape index (κ1) is 18.0. The summed E-state index contributed by atoms with van der Waals surface area (Å²) in [5.41, 5.74) is 5.83. The number of para-hydroxylation sites is 1. The van der Waals surface area contributed by atoms with E-state index < -0.39 is 0 Å². The molecule has 0 saturated heterocycles. The van der Waals surface area contributed by atoms with Crippen molar-refractivity contribution in [1.82, 2.24) is 19.7 Å². The van der Waals surface area contributed by atoms with Crippen molar-refractivity contribution in [2.24, 2.45) is 7.05 Å². The van der Waals surface area contributed by atoms with Crippen molar-refractivity contribution < 1.29 is 4.79 Å². The van der Waals surface area contributed by atoms with Crippen LogP contribution in [0.1, 0.15) is 39.0 Å². The molecule has 1 aliphatic heterocycles. The molecule has 1 N–H and O–H groups in total. The zero-order chi connectivity index (χ0) is 20.1. The number of nitrogens with one attached hydrogen (secondary N) is 1. The van der Waals surface area contributed by atoms with Gasteiger partial charge in [0.05, 0.1) is 6.04 Å². The van der Waals surface area contributed by atoms with Gasteiger partial charge in [-0.3, -0.25) is 9.48 Å². The minimum absolute atomic E-state index is 0.0667. The molecule has 4 aromatic rings. The number of hydrogen-bond acceptors (Lipinski definition) is 2. The first-order valence-corrected chi connectivity index (χ1v) is 10.1. The van der Waals surface area contributed by atoms with Crippen LogP contribution < -0.4 is 0 Å². The van der Waals surface area contributed by atoms with E-state index in [1.165, 1.54) is 10.9 Å². The summed E-state index contributed by atoms with van der Waals surface area (Å²) >= 11 is 6.31. The van der Waals surface area contributed by atoms with Gasteiger partial charge < -0.3 is 9.88 Å². The second-order valence-electron chi connectivity index (χ2n) is 7.56. The van der Waals surface area contributed by atoms with Gasteiger partial charge >= 0.3 is 0 Å². The van der Waals surface area contributed by atoms with Crippen molar-refractivity contribution in [2.75, 3.05) is 6.54 Å². The van der Waals surface area contributed by atoms with Gasteiger partial charge in [-0.25, -0.2) is 0 Å². The van der Waals surface area contributed by atoms with Crippen LogP contribution in [0.2, 0.25) is 5.02 Å². The summed E-state index contributed by atoms with van der Waals surface area (Å²) < 4.78 is 1.74. The zero-order valence-electron chi connectivity index (χ0n) is 16.3. The van der Waals surface area contributed by atoms with Crippen LogP contribution in [0, 0.1) is 6.92 Å². The Morgan fingerprint density at radius 3 is 2.76 bits per heavy atom. The number of aromatic nitrogens is 3. The number of H-pyrrole nitrogens is 1. The van der Waals surface area contributed by atoms with E-state index in [4.69, 9.17) is 11.6 Å². The predicted molar refractivity (Wildman–Crippen MR) is 114 cm³/mol. The molecule has 146 valence electrons. The van der Waals surface area contributed by atoms with E-state index in [9.17, 15) is 4.79 Å². The molecule has 2 aromatic heterocycles. The van der Waals surface area contributed by atoms with E-state index in [1.54, 1.807) is 4.68 Å². The van der Waals surface area contributed by atoms with Crippen molar-refractivity contribution in [1.29, 1.82) is 0 Å². The Hall–Kier alpha value is -3.05. The SMILES string of the molecule is Cc1cc(C(=O)N2CCc3c([nH]c4ccccc34)[C@H]2c2cccc(Cl)c2)nn1C. The highest BCUT2D eigenvalue weighted by molar-refractivity contribution is 6.30. The van der Waals surface area contributed by atoms with Gasteiger partial charge in [-0.2, -0.15) is 5.10 Å². The van der Waals surface area contributed by atoms with Crippen molar-refractivity contribution >= 4 is 28.4 Å². The van der Waals surface area contributed by atoms with Crippen molar-refractivity contribution in [3.05, 3.63) is 87.8 Å². The number of rotatable bonds is 2. The minimum Gasteiger partial charge on any atom is -0.356 e. The Labute approximate surface area is 173 Å². The lowest BCUT2D eigenvalue weighted by molar-refractivity contribution is 0.0685. The number of aryl methyl sites for hydroxylation is 2. The molecule has 2 aromatic carbocycles. The third kappa shape index (κ3) is 2.93. The lowest BCUT2D eigenvalue weighted by Crippen LogP contribution is -2.40. The van der Waals surface area contributed by atoms with E-state index in [0.29, 0.717) is 17.3 Å². The van der Waals surface area contributed by atoms with Gasteiger partial charge in [0.25, 0.3) is 5.91 Å². The summed E-state index contributed by atoms with van der Waals surface area (Å²) in [6.07, 6.45) is 0.800. The normalized spacial score (nSPS) is 16.2. The molecule has 0 saturated carbocycles. The lowest BCUT2D eigenvalue weighted by Gasteiger charge is -2.36. The maximum Gasteiger partial charge on any atom is 0.275 e. The van der Waals surface area contributed by atoms with Crippen molar-refractivity contribution in [3.63, 3.8) is 0 Å². The highest BCUT2D eigenvalue weighted by Gasteiger charge is 2.35. The number of benzene rings is 2. The summed E-state index contributed by atoms with van der Waals surface area (Å²) in [5, 5.41) is 6.30. The Morgan fingerprint density at radius 1 is 1.17 bits per heavy atom. The fourth-order valence-electron chi connectivity index (χ4n) is 4.30. The van der Waals surface area contributed by atoms with Crippen LogP contribution in [0.5, 0.6) is 0 Å². The van der Waals surface area contributed by atoms with E-state index in [0.717, 1.165) is 28.9 Å². The van der Waals surface area contributed by atoms with Gasteiger partial charge in [0.1, 0.15) is 0 Å². The number of carbonyl (C=O) groups is 1. The summed E-state index contributed by atoms with van der Waals surface area (Å²) in [6, 6.07) is 17.7. The van der Waals surface area contributed by atoms with Crippen LogP contribution >= 0.6 is 11.6 Å². The van der Waals surface area contributed by atoms with E-state index in [1.807, 2.05) is 55.3 Å². The van der Waals surface area contributed by atoms with E-state index >= 15 is 0 Å². The maximum absolute atomic E-state index is 13.5. The predicted octanol–water partition coefficient (Wildman–Crippen LogP) is 4.65. The van der Waals surface area contributed by atoms with Gasteiger partial charge in [-0.1, -0.05) is 41.9 Å². The quantitative estimate of drug-likeness (QED) is 0.528. The number of carbonyl (C=O) groups excluding carboxylic acids is 1. The largest absolute Gasteiger partial charge is 0.356 e. The standard InChI is InChI=1S/C23H21ClN4O/c1-14-12-20(26-27(14)2)23(29)28-11-10-18-17-8-3-4-9-19(17)25-21(18)22(28)15-6-5-7-16(24)13-15/h3-9,12-13,22,25H,10-11H2,1-2H3/t22-/m1/s1. The summed E-state index contributed by atoms with van der Waals surface area (Å²) in [7, 11) is 1.85. The van der Waals surface area contributed by atoms with E-state index in [-0.39, 0.29) is 11.9 Å². The molecule has 0 spiro atoms. The molecular weight excluding hydrogens is 384 g/mol. The first-order valence-electron chi connectivity index (χ1n) is 9.69. The molecule has 0 bridgehead atoms. The highest BCUT2D eigenvalue weighted by Crippen LogP contribution is 2.39. The second-order valence-corrected chi connectivity index (χ2v) is 8.00. The third-order valence-electron chi connectivity index (χ3n) is 5.79. The molecule has 1 atom stereocenters. The average Bonchev–Trinajstić information content (AvgIpc) is 3.26. The zero-order valence-corrected chi connectivity index (χ0v) is 17.1. The number of fused-ring (bicyclic) bond motifs is 3. The van der Waals surface area contributed by atoms with Crippen LogP contribution in [0.3, 0.4) is 0 Å². The van der Waals surface area contributed by atoms with Gasteiger partial charge in [-0.15, -0.1) is 0 Å². The monoisotopic (exact) mass is 404 g/mol. The van der Waals surface area contributed by atoms with Gasteiger partial charge in [0.15, 0.2) is 5.69 Å². The average molecular weight is 405 g/mol. The smallest absolute Gasteiger partial charge is 0.275 e. The maximum atomic E-state index is 13.5. The number of aromatic amines is 1. The second kappa shape index (κ2) is 6.78. The molecule has 1 aliphatic rings. The molecule has 0 fully saturated rings. The molecule has 29 heavy (non-hydrogen) atoms. The molecule has 0 unspecified atom stereocenters. The molecule has 5 nitrogen and oxygen atoms in total. The fourth-order valence-corrected chi connectivity index (χ4v) is 4.49. The van der Waals surface area contributed by atoms with Crippen molar-refractivity contribution in [2.45, 2.75) is 19.4 Å². The molecule has 3 heterocycles. The summed E-state index contributed by atoms with van der Waals surface area (Å²) in [6.45, 7) is 2.57. The van der Waals surface area contributed by atoms with Crippen LogP contribution in [-0.2, 0) is 13.5 Å². The topological polar surface area (TPSA) is 53.9 Å². The van der Waals surface area contributed by atoms with Crippen LogP contribution in [-0.4, -0.2) is 32.1 Å². The van der Waals surface area contributed by atoms with Gasteiger partial charge in [-0.05, 0) is 48.7 Å². The molecule has 6 heteroatoms. The van der Waals surface area contributed by atoms with Gasteiger partial charge in [0.2, 0.25) is 0 Å².